The third-order valence-corrected chi connectivity index (χ3v) is 2.83. The first-order valence-electron chi connectivity index (χ1n) is 5.33. The van der Waals surface area contributed by atoms with E-state index in [9.17, 15) is 0 Å². The van der Waals surface area contributed by atoms with Crippen molar-refractivity contribution >= 4 is 0 Å². The Hall–Kier alpha value is -0.960. The van der Waals surface area contributed by atoms with E-state index in [4.69, 9.17) is 0 Å². The van der Waals surface area contributed by atoms with Gasteiger partial charge >= 0.3 is 0 Å². The van der Waals surface area contributed by atoms with Crippen molar-refractivity contribution in [3.63, 3.8) is 0 Å². The van der Waals surface area contributed by atoms with E-state index < -0.39 is 0 Å². The van der Waals surface area contributed by atoms with Crippen LogP contribution in [-0.4, -0.2) is 23.1 Å². The van der Waals surface area contributed by atoms with Crippen LogP contribution >= 0.6 is 0 Å². The monoisotopic (exact) mass is 191 g/mol. The Kier molecular flexibility index (Phi) is 3.09. The Morgan fingerprint density at radius 3 is 3.14 bits per heavy atom. The lowest BCUT2D eigenvalue weighted by Gasteiger charge is -2.07. The van der Waals surface area contributed by atoms with E-state index in [2.05, 4.69) is 21.4 Å². The summed E-state index contributed by atoms with van der Waals surface area (Å²) in [4.78, 5) is 8.37. The number of rotatable bonds is 3. The van der Waals surface area contributed by atoms with Gasteiger partial charge in [-0.05, 0) is 51.3 Å². The Labute approximate surface area is 85.0 Å². The molecule has 2 heterocycles. The van der Waals surface area contributed by atoms with Crippen LogP contribution in [0.5, 0.6) is 0 Å². The van der Waals surface area contributed by atoms with E-state index in [1.807, 2.05) is 6.92 Å². The lowest BCUT2D eigenvalue weighted by atomic mass is 10.0. The maximum atomic E-state index is 4.27. The Morgan fingerprint density at radius 1 is 1.50 bits per heavy atom. The molecule has 1 aliphatic rings. The van der Waals surface area contributed by atoms with E-state index in [1.165, 1.54) is 31.6 Å². The molecule has 0 bridgehead atoms. The van der Waals surface area contributed by atoms with Gasteiger partial charge in [0.2, 0.25) is 0 Å². The van der Waals surface area contributed by atoms with Gasteiger partial charge < -0.3 is 5.32 Å². The standard InChI is InChI=1S/C11H17N3/c1-9-6-11(14-8-13-9)3-2-10-4-5-12-7-10/h6,8,10,12H,2-5,7H2,1H3. The summed E-state index contributed by atoms with van der Waals surface area (Å²) in [7, 11) is 0. The minimum absolute atomic E-state index is 0.852. The highest BCUT2D eigenvalue weighted by Crippen LogP contribution is 2.14. The Bertz CT molecular complexity index is 292. The lowest BCUT2D eigenvalue weighted by molar-refractivity contribution is 0.529. The molecule has 0 aliphatic carbocycles. The van der Waals surface area contributed by atoms with Gasteiger partial charge in [-0.25, -0.2) is 9.97 Å². The van der Waals surface area contributed by atoms with Crippen molar-refractivity contribution in [2.75, 3.05) is 13.1 Å². The van der Waals surface area contributed by atoms with Crippen LogP contribution in [0.2, 0.25) is 0 Å². The fourth-order valence-electron chi connectivity index (χ4n) is 1.96. The zero-order valence-electron chi connectivity index (χ0n) is 8.66. The van der Waals surface area contributed by atoms with E-state index in [1.54, 1.807) is 6.33 Å². The molecule has 1 atom stereocenters. The molecule has 0 spiro atoms. The second kappa shape index (κ2) is 4.51. The normalized spacial score (nSPS) is 21.4. The molecule has 76 valence electrons. The fraction of sp³-hybridized carbons (Fsp3) is 0.636. The second-order valence-corrected chi connectivity index (χ2v) is 4.05. The molecule has 1 fully saturated rings. The first-order valence-corrected chi connectivity index (χ1v) is 5.33. The van der Waals surface area contributed by atoms with Gasteiger partial charge in [-0.1, -0.05) is 0 Å². The fourth-order valence-corrected chi connectivity index (χ4v) is 1.96. The molecule has 0 amide bonds. The van der Waals surface area contributed by atoms with E-state index >= 15 is 0 Å². The van der Waals surface area contributed by atoms with Crippen LogP contribution in [0.1, 0.15) is 24.2 Å². The van der Waals surface area contributed by atoms with Crippen LogP contribution < -0.4 is 5.32 Å². The van der Waals surface area contributed by atoms with E-state index in [-0.39, 0.29) is 0 Å². The summed E-state index contributed by atoms with van der Waals surface area (Å²) < 4.78 is 0. The van der Waals surface area contributed by atoms with Crippen molar-refractivity contribution in [1.29, 1.82) is 0 Å². The molecule has 14 heavy (non-hydrogen) atoms. The molecule has 0 aromatic carbocycles. The van der Waals surface area contributed by atoms with Crippen molar-refractivity contribution in [1.82, 2.24) is 15.3 Å². The Morgan fingerprint density at radius 2 is 2.43 bits per heavy atom. The van der Waals surface area contributed by atoms with Crippen LogP contribution in [0.15, 0.2) is 12.4 Å². The molecular weight excluding hydrogens is 174 g/mol. The highest BCUT2D eigenvalue weighted by molar-refractivity contribution is 5.06. The zero-order valence-corrected chi connectivity index (χ0v) is 8.66. The zero-order chi connectivity index (χ0) is 9.80. The molecule has 0 radical (unpaired) electrons. The lowest BCUT2D eigenvalue weighted by Crippen LogP contribution is -2.09. The number of aryl methyl sites for hydroxylation is 2. The van der Waals surface area contributed by atoms with Crippen LogP contribution in [-0.2, 0) is 6.42 Å². The molecule has 3 heteroatoms. The molecule has 1 N–H and O–H groups in total. The summed E-state index contributed by atoms with van der Waals surface area (Å²) in [5.74, 6) is 0.852. The van der Waals surface area contributed by atoms with Crippen molar-refractivity contribution in [2.45, 2.75) is 26.2 Å². The molecule has 1 aromatic rings. The molecule has 1 aromatic heterocycles. The smallest absolute Gasteiger partial charge is 0.115 e. The van der Waals surface area contributed by atoms with Crippen molar-refractivity contribution in [2.24, 2.45) is 5.92 Å². The topological polar surface area (TPSA) is 37.8 Å². The average Bonchev–Trinajstić information content (AvgIpc) is 2.67. The highest BCUT2D eigenvalue weighted by atomic mass is 14.9. The molecule has 0 saturated carbocycles. The quantitative estimate of drug-likeness (QED) is 0.783. The third-order valence-electron chi connectivity index (χ3n) is 2.83. The average molecular weight is 191 g/mol. The minimum Gasteiger partial charge on any atom is -0.316 e. The third kappa shape index (κ3) is 2.51. The first kappa shape index (κ1) is 9.59. The summed E-state index contributed by atoms with van der Waals surface area (Å²) in [5.41, 5.74) is 2.25. The van der Waals surface area contributed by atoms with Crippen LogP contribution in [0, 0.1) is 12.8 Å². The number of hydrogen-bond acceptors (Lipinski definition) is 3. The molecule has 1 unspecified atom stereocenters. The number of hydrogen-bond donors (Lipinski definition) is 1. The second-order valence-electron chi connectivity index (χ2n) is 4.05. The SMILES string of the molecule is Cc1cc(CCC2CCNC2)ncn1. The predicted molar refractivity (Wildman–Crippen MR) is 56.1 cm³/mol. The van der Waals surface area contributed by atoms with Gasteiger partial charge in [-0.2, -0.15) is 0 Å². The van der Waals surface area contributed by atoms with Crippen LogP contribution in [0.25, 0.3) is 0 Å². The summed E-state index contributed by atoms with van der Waals surface area (Å²) in [6, 6.07) is 2.09. The van der Waals surface area contributed by atoms with Gasteiger partial charge in [0.1, 0.15) is 6.33 Å². The summed E-state index contributed by atoms with van der Waals surface area (Å²) >= 11 is 0. The minimum atomic E-state index is 0.852. The van der Waals surface area contributed by atoms with Crippen LogP contribution in [0.4, 0.5) is 0 Å². The van der Waals surface area contributed by atoms with Gasteiger partial charge in [-0.3, -0.25) is 0 Å². The molecular formula is C11H17N3. The van der Waals surface area contributed by atoms with Gasteiger partial charge in [0.05, 0.1) is 0 Å². The van der Waals surface area contributed by atoms with Gasteiger partial charge in [0, 0.05) is 11.4 Å². The number of nitrogens with one attached hydrogen (secondary N) is 1. The largest absolute Gasteiger partial charge is 0.316 e. The highest BCUT2D eigenvalue weighted by Gasteiger charge is 2.14. The first-order chi connectivity index (χ1) is 6.84. The Balaban J connectivity index is 1.85. The van der Waals surface area contributed by atoms with Crippen molar-refractivity contribution < 1.29 is 0 Å². The molecule has 2 rings (SSSR count). The van der Waals surface area contributed by atoms with E-state index in [0.717, 1.165) is 18.0 Å². The van der Waals surface area contributed by atoms with Gasteiger partial charge in [0.15, 0.2) is 0 Å². The summed E-state index contributed by atoms with van der Waals surface area (Å²) in [6.07, 6.45) is 5.33. The van der Waals surface area contributed by atoms with E-state index in [0.29, 0.717) is 0 Å². The summed E-state index contributed by atoms with van der Waals surface area (Å²) in [5, 5.41) is 3.39. The van der Waals surface area contributed by atoms with Crippen molar-refractivity contribution in [3.8, 4) is 0 Å². The number of nitrogens with zero attached hydrogens (tertiary/aromatic N) is 2. The number of aromatic nitrogens is 2. The van der Waals surface area contributed by atoms with Gasteiger partial charge in [-0.15, -0.1) is 0 Å². The molecule has 1 saturated heterocycles. The maximum absolute atomic E-state index is 4.27. The predicted octanol–water partition coefficient (Wildman–Crippen LogP) is 1.33. The van der Waals surface area contributed by atoms with Gasteiger partial charge in [0.25, 0.3) is 0 Å². The van der Waals surface area contributed by atoms with Crippen LogP contribution in [0.3, 0.4) is 0 Å². The maximum Gasteiger partial charge on any atom is 0.115 e. The van der Waals surface area contributed by atoms with Crippen molar-refractivity contribution in [3.05, 3.63) is 23.8 Å². The molecule has 3 nitrogen and oxygen atoms in total. The molecule has 1 aliphatic heterocycles. The summed E-state index contributed by atoms with van der Waals surface area (Å²) in [6.45, 7) is 4.39.